The molecule has 0 saturated carbocycles. The van der Waals surface area contributed by atoms with Crippen LogP contribution in [0.2, 0.25) is 0 Å². The highest BCUT2D eigenvalue weighted by molar-refractivity contribution is 4.84. The predicted octanol–water partition coefficient (Wildman–Crippen LogP) is 2.48. The largest absolute Gasteiger partial charge is 0.327 e. The van der Waals surface area contributed by atoms with Crippen LogP contribution in [0.4, 0.5) is 0 Å². The Morgan fingerprint density at radius 2 is 1.87 bits per heavy atom. The molecule has 0 aliphatic carbocycles. The van der Waals surface area contributed by atoms with Gasteiger partial charge < -0.3 is 5.73 Å². The molecule has 2 N–H and O–H groups in total. The average molecular weight is 212 g/mol. The molecule has 1 heterocycles. The maximum atomic E-state index is 6.13. The lowest BCUT2D eigenvalue weighted by atomic mass is 9.80. The summed E-state index contributed by atoms with van der Waals surface area (Å²) in [5.41, 5.74) is 6.57. The molecule has 0 spiro atoms. The summed E-state index contributed by atoms with van der Waals surface area (Å²) >= 11 is 0. The van der Waals surface area contributed by atoms with E-state index in [0.29, 0.717) is 17.5 Å². The molecule has 1 rings (SSSR count). The summed E-state index contributed by atoms with van der Waals surface area (Å²) in [7, 11) is 0. The fourth-order valence-electron chi connectivity index (χ4n) is 2.72. The monoisotopic (exact) mass is 212 g/mol. The second kappa shape index (κ2) is 4.84. The van der Waals surface area contributed by atoms with E-state index in [2.05, 4.69) is 39.5 Å². The Hall–Kier alpha value is -0.0800. The van der Waals surface area contributed by atoms with Gasteiger partial charge in [0.25, 0.3) is 0 Å². The summed E-state index contributed by atoms with van der Waals surface area (Å²) in [6.07, 6.45) is 2.50. The van der Waals surface area contributed by atoms with Crippen molar-refractivity contribution < 1.29 is 0 Å². The van der Waals surface area contributed by atoms with Crippen molar-refractivity contribution in [1.82, 2.24) is 4.90 Å². The molecular formula is C13H28N2. The molecule has 0 radical (unpaired) electrons. The van der Waals surface area contributed by atoms with Crippen LogP contribution in [0.3, 0.4) is 0 Å². The van der Waals surface area contributed by atoms with E-state index in [9.17, 15) is 0 Å². The van der Waals surface area contributed by atoms with Crippen molar-refractivity contribution in [3.63, 3.8) is 0 Å². The lowest BCUT2D eigenvalue weighted by Gasteiger charge is -2.40. The van der Waals surface area contributed by atoms with E-state index in [1.807, 2.05) is 0 Å². The number of nitrogens with two attached hydrogens (primary N) is 1. The molecular weight excluding hydrogens is 184 g/mol. The summed E-state index contributed by atoms with van der Waals surface area (Å²) in [6.45, 7) is 13.8. The molecule has 2 nitrogen and oxygen atoms in total. The first-order valence-corrected chi connectivity index (χ1v) is 6.27. The van der Waals surface area contributed by atoms with Crippen LogP contribution in [-0.4, -0.2) is 30.1 Å². The van der Waals surface area contributed by atoms with Gasteiger partial charge in [0.15, 0.2) is 0 Å². The maximum absolute atomic E-state index is 6.13. The number of rotatable bonds is 2. The summed E-state index contributed by atoms with van der Waals surface area (Å²) in [4.78, 5) is 2.53. The minimum absolute atomic E-state index is 0.383. The van der Waals surface area contributed by atoms with Crippen LogP contribution in [-0.2, 0) is 0 Å². The quantitative estimate of drug-likeness (QED) is 0.762. The normalized spacial score (nSPS) is 29.8. The van der Waals surface area contributed by atoms with Crippen molar-refractivity contribution in [3.05, 3.63) is 0 Å². The van der Waals surface area contributed by atoms with Gasteiger partial charge in [-0.15, -0.1) is 0 Å². The lowest BCUT2D eigenvalue weighted by molar-refractivity contribution is 0.101. The number of piperidine rings is 1. The van der Waals surface area contributed by atoms with Crippen molar-refractivity contribution >= 4 is 0 Å². The molecule has 1 saturated heterocycles. The molecule has 15 heavy (non-hydrogen) atoms. The molecule has 2 heteroatoms. The van der Waals surface area contributed by atoms with E-state index in [-0.39, 0.29) is 0 Å². The minimum Gasteiger partial charge on any atom is -0.327 e. The fourth-order valence-corrected chi connectivity index (χ4v) is 2.72. The number of nitrogens with zero attached hydrogens (tertiary/aromatic N) is 1. The van der Waals surface area contributed by atoms with Gasteiger partial charge in [-0.25, -0.2) is 0 Å². The molecule has 0 aromatic rings. The molecule has 90 valence electrons. The summed E-state index contributed by atoms with van der Waals surface area (Å²) in [5, 5.41) is 0. The van der Waals surface area contributed by atoms with Crippen molar-refractivity contribution in [1.29, 1.82) is 0 Å². The van der Waals surface area contributed by atoms with Crippen LogP contribution in [0.25, 0.3) is 0 Å². The lowest BCUT2D eigenvalue weighted by Crippen LogP contribution is -2.50. The van der Waals surface area contributed by atoms with Gasteiger partial charge >= 0.3 is 0 Å². The minimum atomic E-state index is 0.383. The Bertz CT molecular complexity index is 193. The molecule has 1 aliphatic rings. The zero-order chi connectivity index (χ0) is 11.6. The van der Waals surface area contributed by atoms with Crippen LogP contribution in [0.1, 0.15) is 47.5 Å². The third-order valence-electron chi connectivity index (χ3n) is 3.23. The first kappa shape index (κ1) is 13.0. The van der Waals surface area contributed by atoms with E-state index in [0.717, 1.165) is 12.5 Å². The van der Waals surface area contributed by atoms with Gasteiger partial charge in [0.2, 0.25) is 0 Å². The summed E-state index contributed by atoms with van der Waals surface area (Å²) in [6, 6.07) is 1.02. The van der Waals surface area contributed by atoms with Gasteiger partial charge in [0, 0.05) is 25.2 Å². The number of hydrogen-bond donors (Lipinski definition) is 1. The second-order valence-electron chi connectivity index (χ2n) is 6.67. The second-order valence-corrected chi connectivity index (χ2v) is 6.67. The van der Waals surface area contributed by atoms with E-state index in [1.54, 1.807) is 0 Å². The van der Waals surface area contributed by atoms with Crippen molar-refractivity contribution in [2.75, 3.05) is 13.1 Å². The van der Waals surface area contributed by atoms with E-state index >= 15 is 0 Å². The van der Waals surface area contributed by atoms with Gasteiger partial charge in [0.05, 0.1) is 0 Å². The molecule has 1 fully saturated rings. The zero-order valence-corrected chi connectivity index (χ0v) is 11.1. The number of hydrogen-bond acceptors (Lipinski definition) is 2. The molecule has 0 bridgehead atoms. The van der Waals surface area contributed by atoms with Gasteiger partial charge in [-0.05, 0) is 38.0 Å². The summed E-state index contributed by atoms with van der Waals surface area (Å²) in [5.74, 6) is 0.788. The first-order valence-electron chi connectivity index (χ1n) is 6.27. The Labute approximate surface area is 95.2 Å². The average Bonchev–Trinajstić information content (AvgIpc) is 1.99. The molecule has 0 aromatic heterocycles. The zero-order valence-electron chi connectivity index (χ0n) is 11.1. The number of likely N-dealkylation sites (tertiary alicyclic amines) is 1. The Balaban J connectivity index is 2.52. The molecule has 2 atom stereocenters. The Kier molecular flexibility index (Phi) is 4.19. The van der Waals surface area contributed by atoms with Gasteiger partial charge in [-0.3, -0.25) is 4.90 Å². The Morgan fingerprint density at radius 3 is 2.33 bits per heavy atom. The highest BCUT2D eigenvalue weighted by atomic mass is 15.2. The van der Waals surface area contributed by atoms with E-state index in [1.165, 1.54) is 19.4 Å². The smallest absolute Gasteiger partial charge is 0.0171 e. The third kappa shape index (κ3) is 4.52. The van der Waals surface area contributed by atoms with Gasteiger partial charge in [0.1, 0.15) is 0 Å². The van der Waals surface area contributed by atoms with Gasteiger partial charge in [-0.2, -0.15) is 0 Å². The molecule has 2 unspecified atom stereocenters. The fraction of sp³-hybridized carbons (Fsp3) is 1.00. The molecule has 1 aliphatic heterocycles. The van der Waals surface area contributed by atoms with Crippen LogP contribution < -0.4 is 5.73 Å². The predicted molar refractivity (Wildman–Crippen MR) is 66.9 cm³/mol. The third-order valence-corrected chi connectivity index (χ3v) is 3.23. The van der Waals surface area contributed by atoms with Crippen LogP contribution in [0.5, 0.6) is 0 Å². The van der Waals surface area contributed by atoms with Crippen molar-refractivity contribution in [3.8, 4) is 0 Å². The highest BCUT2D eigenvalue weighted by Crippen LogP contribution is 2.30. The van der Waals surface area contributed by atoms with E-state index < -0.39 is 0 Å². The Morgan fingerprint density at radius 1 is 1.27 bits per heavy atom. The standard InChI is InChI=1S/C13H28N2/c1-10(2)15-8-11(6-12(14)9-15)7-13(3,4)5/h10-12H,6-9,14H2,1-5H3. The topological polar surface area (TPSA) is 29.3 Å². The van der Waals surface area contributed by atoms with Crippen molar-refractivity contribution in [2.45, 2.75) is 59.5 Å². The summed E-state index contributed by atoms with van der Waals surface area (Å²) < 4.78 is 0. The van der Waals surface area contributed by atoms with Gasteiger partial charge in [-0.1, -0.05) is 20.8 Å². The SMILES string of the molecule is CC(C)N1CC(N)CC(CC(C)(C)C)C1. The van der Waals surface area contributed by atoms with Crippen molar-refractivity contribution in [2.24, 2.45) is 17.1 Å². The first-order chi connectivity index (χ1) is 6.78. The van der Waals surface area contributed by atoms with Crippen LogP contribution in [0, 0.1) is 11.3 Å². The molecule has 0 aromatic carbocycles. The van der Waals surface area contributed by atoms with Crippen LogP contribution >= 0.6 is 0 Å². The highest BCUT2D eigenvalue weighted by Gasteiger charge is 2.29. The van der Waals surface area contributed by atoms with Crippen LogP contribution in [0.15, 0.2) is 0 Å². The van der Waals surface area contributed by atoms with E-state index in [4.69, 9.17) is 5.73 Å². The molecule has 0 amide bonds. The maximum Gasteiger partial charge on any atom is 0.0171 e.